The molecule has 0 aromatic carbocycles. The van der Waals surface area contributed by atoms with Gasteiger partial charge in [-0.3, -0.25) is 0 Å². The number of rotatable bonds is 4. The molecule has 0 saturated carbocycles. The number of hydrogen-bond donors (Lipinski definition) is 0. The van der Waals surface area contributed by atoms with Gasteiger partial charge >= 0.3 is 0 Å². The van der Waals surface area contributed by atoms with Gasteiger partial charge in [-0.05, 0) is 13.3 Å². The van der Waals surface area contributed by atoms with Crippen LogP contribution in [0.1, 0.15) is 39.5 Å². The molecule has 11 heavy (non-hydrogen) atoms. The monoisotopic (exact) mass is 158 g/mol. The zero-order valence-corrected chi connectivity index (χ0v) is 7.51. The van der Waals surface area contributed by atoms with Crippen LogP contribution >= 0.6 is 0 Å². The van der Waals surface area contributed by atoms with Gasteiger partial charge in [0.1, 0.15) is 0 Å². The molecule has 2 atom stereocenters. The van der Waals surface area contributed by atoms with E-state index in [0.29, 0.717) is 6.10 Å². The van der Waals surface area contributed by atoms with Crippen LogP contribution in [0.25, 0.3) is 0 Å². The zero-order chi connectivity index (χ0) is 8.10. The Bertz CT molecular complexity index is 104. The highest BCUT2D eigenvalue weighted by molar-refractivity contribution is 4.62. The van der Waals surface area contributed by atoms with Gasteiger partial charge in [0.25, 0.3) is 0 Å². The molecule has 0 N–H and O–H groups in total. The van der Waals surface area contributed by atoms with Crippen molar-refractivity contribution in [3.05, 3.63) is 0 Å². The lowest BCUT2D eigenvalue weighted by atomic mass is 10.1. The summed E-state index contributed by atoms with van der Waals surface area (Å²) in [5, 5.41) is 0. The van der Waals surface area contributed by atoms with Crippen LogP contribution in [-0.2, 0) is 9.47 Å². The van der Waals surface area contributed by atoms with E-state index in [2.05, 4.69) is 6.92 Å². The van der Waals surface area contributed by atoms with Crippen LogP contribution in [0, 0.1) is 0 Å². The third-order valence-electron chi connectivity index (χ3n) is 2.03. The van der Waals surface area contributed by atoms with Gasteiger partial charge < -0.3 is 9.47 Å². The molecule has 0 aromatic rings. The quantitative estimate of drug-likeness (QED) is 0.585. The molecule has 1 aliphatic rings. The summed E-state index contributed by atoms with van der Waals surface area (Å²) < 4.78 is 10.8. The van der Waals surface area contributed by atoms with Crippen LogP contribution in [0.5, 0.6) is 0 Å². The second-order valence-electron chi connectivity index (χ2n) is 3.15. The van der Waals surface area contributed by atoms with E-state index >= 15 is 0 Å². The van der Waals surface area contributed by atoms with Crippen LogP contribution in [0.15, 0.2) is 0 Å². The lowest BCUT2D eigenvalue weighted by Crippen LogP contribution is -2.09. The minimum absolute atomic E-state index is 0.0293. The average molecular weight is 158 g/mol. The highest BCUT2D eigenvalue weighted by atomic mass is 16.7. The molecule has 1 rings (SSSR count). The van der Waals surface area contributed by atoms with Crippen LogP contribution in [0.2, 0.25) is 0 Å². The van der Waals surface area contributed by atoms with Gasteiger partial charge in [-0.1, -0.05) is 26.2 Å². The van der Waals surface area contributed by atoms with Crippen molar-refractivity contribution >= 4 is 0 Å². The summed E-state index contributed by atoms with van der Waals surface area (Å²) in [5.41, 5.74) is 0. The molecule has 2 heteroatoms. The van der Waals surface area contributed by atoms with Gasteiger partial charge in [0.2, 0.25) is 0 Å². The normalized spacial score (nSPS) is 31.1. The first-order valence-corrected chi connectivity index (χ1v) is 4.60. The van der Waals surface area contributed by atoms with Crippen molar-refractivity contribution < 1.29 is 9.47 Å². The first kappa shape index (κ1) is 9.01. The van der Waals surface area contributed by atoms with Gasteiger partial charge in [0.05, 0.1) is 12.7 Å². The highest BCUT2D eigenvalue weighted by Crippen LogP contribution is 2.16. The molecule has 1 aliphatic heterocycles. The van der Waals surface area contributed by atoms with E-state index in [1.54, 1.807) is 0 Å². The zero-order valence-electron chi connectivity index (χ0n) is 7.51. The lowest BCUT2D eigenvalue weighted by molar-refractivity contribution is -0.0434. The summed E-state index contributed by atoms with van der Waals surface area (Å²) in [6.45, 7) is 4.97. The molecule has 0 aliphatic carbocycles. The molecular formula is C9H18O2. The molecule has 0 spiro atoms. The molecule has 66 valence electrons. The van der Waals surface area contributed by atoms with Crippen LogP contribution in [0.3, 0.4) is 0 Å². The van der Waals surface area contributed by atoms with Crippen LogP contribution < -0.4 is 0 Å². The van der Waals surface area contributed by atoms with E-state index in [4.69, 9.17) is 9.47 Å². The smallest absolute Gasteiger partial charge is 0.155 e. The Morgan fingerprint density at radius 1 is 1.36 bits per heavy atom. The van der Waals surface area contributed by atoms with Gasteiger partial charge in [-0.15, -0.1) is 0 Å². The maximum atomic E-state index is 5.49. The van der Waals surface area contributed by atoms with Crippen molar-refractivity contribution in [2.24, 2.45) is 0 Å². The largest absolute Gasteiger partial charge is 0.350 e. The summed E-state index contributed by atoms with van der Waals surface area (Å²) >= 11 is 0. The Labute approximate surface area is 68.9 Å². The fraction of sp³-hybridized carbons (Fsp3) is 1.00. The topological polar surface area (TPSA) is 18.5 Å². The Hall–Kier alpha value is -0.0800. The first-order chi connectivity index (χ1) is 5.33. The van der Waals surface area contributed by atoms with Crippen molar-refractivity contribution in [2.75, 3.05) is 6.61 Å². The predicted octanol–water partition coefficient (Wildman–Crippen LogP) is 2.33. The van der Waals surface area contributed by atoms with Gasteiger partial charge in [-0.2, -0.15) is 0 Å². The summed E-state index contributed by atoms with van der Waals surface area (Å²) in [5.74, 6) is 0. The van der Waals surface area contributed by atoms with Crippen molar-refractivity contribution in [1.82, 2.24) is 0 Å². The van der Waals surface area contributed by atoms with E-state index in [0.717, 1.165) is 13.0 Å². The van der Waals surface area contributed by atoms with Crippen molar-refractivity contribution in [3.8, 4) is 0 Å². The Morgan fingerprint density at radius 2 is 2.18 bits per heavy atom. The van der Waals surface area contributed by atoms with Gasteiger partial charge in [0.15, 0.2) is 6.29 Å². The SMILES string of the molecule is CCCCCC1COC(C)O1. The fourth-order valence-corrected chi connectivity index (χ4v) is 1.37. The summed E-state index contributed by atoms with van der Waals surface area (Å²) in [6, 6.07) is 0. The minimum Gasteiger partial charge on any atom is -0.350 e. The Kier molecular flexibility index (Phi) is 3.87. The van der Waals surface area contributed by atoms with E-state index in [1.807, 2.05) is 6.92 Å². The fourth-order valence-electron chi connectivity index (χ4n) is 1.37. The molecule has 2 nitrogen and oxygen atoms in total. The van der Waals surface area contributed by atoms with Crippen molar-refractivity contribution in [3.63, 3.8) is 0 Å². The van der Waals surface area contributed by atoms with Gasteiger partial charge in [-0.25, -0.2) is 0 Å². The maximum absolute atomic E-state index is 5.49. The van der Waals surface area contributed by atoms with E-state index < -0.39 is 0 Å². The second kappa shape index (κ2) is 4.73. The van der Waals surface area contributed by atoms with Crippen molar-refractivity contribution in [1.29, 1.82) is 0 Å². The Balaban J connectivity index is 1.99. The minimum atomic E-state index is 0.0293. The summed E-state index contributed by atoms with van der Waals surface area (Å²) in [6.07, 6.45) is 5.44. The van der Waals surface area contributed by atoms with Crippen LogP contribution in [0.4, 0.5) is 0 Å². The highest BCUT2D eigenvalue weighted by Gasteiger charge is 2.21. The van der Waals surface area contributed by atoms with E-state index in [1.165, 1.54) is 19.3 Å². The molecule has 0 amide bonds. The molecule has 0 aromatic heterocycles. The van der Waals surface area contributed by atoms with Crippen molar-refractivity contribution in [2.45, 2.75) is 51.9 Å². The molecular weight excluding hydrogens is 140 g/mol. The molecule has 1 saturated heterocycles. The molecule has 2 unspecified atom stereocenters. The van der Waals surface area contributed by atoms with E-state index in [-0.39, 0.29) is 6.29 Å². The molecule has 1 fully saturated rings. The van der Waals surface area contributed by atoms with Gasteiger partial charge in [0, 0.05) is 0 Å². The first-order valence-electron chi connectivity index (χ1n) is 4.60. The number of unbranched alkanes of at least 4 members (excludes halogenated alkanes) is 2. The third-order valence-corrected chi connectivity index (χ3v) is 2.03. The third kappa shape index (κ3) is 3.21. The molecule has 1 heterocycles. The molecule has 0 bridgehead atoms. The Morgan fingerprint density at radius 3 is 2.73 bits per heavy atom. The summed E-state index contributed by atoms with van der Waals surface area (Å²) in [7, 11) is 0. The average Bonchev–Trinajstić information content (AvgIpc) is 2.37. The number of hydrogen-bond acceptors (Lipinski definition) is 2. The lowest BCUT2D eigenvalue weighted by Gasteiger charge is -2.06. The maximum Gasteiger partial charge on any atom is 0.155 e. The summed E-state index contributed by atoms with van der Waals surface area (Å²) in [4.78, 5) is 0. The second-order valence-corrected chi connectivity index (χ2v) is 3.15. The van der Waals surface area contributed by atoms with E-state index in [9.17, 15) is 0 Å². The number of ether oxygens (including phenoxy) is 2. The molecule has 0 radical (unpaired) electrons. The van der Waals surface area contributed by atoms with Crippen LogP contribution in [-0.4, -0.2) is 19.0 Å². The predicted molar refractivity (Wildman–Crippen MR) is 44.4 cm³/mol. The standard InChI is InChI=1S/C9H18O2/c1-3-4-5-6-9-7-10-8(2)11-9/h8-9H,3-7H2,1-2H3.